The molecule has 0 spiro atoms. The first-order valence-electron chi connectivity index (χ1n) is 3.81. The third-order valence-corrected chi connectivity index (χ3v) is 5.06. The van der Waals surface area contributed by atoms with Crippen molar-refractivity contribution in [2.45, 2.75) is 12.2 Å². The van der Waals surface area contributed by atoms with Crippen LogP contribution in [-0.4, -0.2) is 16.8 Å². The zero-order valence-corrected chi connectivity index (χ0v) is 9.89. The maximum absolute atomic E-state index is 10.9. The van der Waals surface area contributed by atoms with Crippen molar-refractivity contribution in [3.8, 4) is 0 Å². The second-order valence-corrected chi connectivity index (χ2v) is 6.29. The largest absolute Gasteiger partial charge is 0.478 e. The van der Waals surface area contributed by atoms with Crippen LogP contribution in [0.15, 0.2) is 3.79 Å². The number of thioether (sulfide) groups is 1. The molecule has 0 aliphatic carbocycles. The first-order valence-corrected chi connectivity index (χ1v) is 6.57. The molecule has 13 heavy (non-hydrogen) atoms. The van der Waals surface area contributed by atoms with E-state index in [9.17, 15) is 4.79 Å². The molecule has 1 aliphatic heterocycles. The van der Waals surface area contributed by atoms with Crippen LogP contribution in [0.1, 0.15) is 20.8 Å². The molecule has 1 aromatic rings. The van der Waals surface area contributed by atoms with Gasteiger partial charge in [0.15, 0.2) is 0 Å². The van der Waals surface area contributed by atoms with Crippen LogP contribution in [0.4, 0.5) is 0 Å². The summed E-state index contributed by atoms with van der Waals surface area (Å²) in [4.78, 5) is 12.1. The third-order valence-electron chi connectivity index (χ3n) is 1.99. The van der Waals surface area contributed by atoms with E-state index in [2.05, 4.69) is 15.9 Å². The Morgan fingerprint density at radius 3 is 3.00 bits per heavy atom. The average molecular weight is 279 g/mol. The lowest BCUT2D eigenvalue weighted by Gasteiger charge is -2.10. The summed E-state index contributed by atoms with van der Waals surface area (Å²) in [5, 5.41) is 8.98. The molecule has 0 fully saturated rings. The Hall–Kier alpha value is -0.000000000000000111. The van der Waals surface area contributed by atoms with Crippen LogP contribution in [0, 0.1) is 0 Å². The Balaban J connectivity index is 2.54. The fourth-order valence-electron chi connectivity index (χ4n) is 1.41. The van der Waals surface area contributed by atoms with Crippen molar-refractivity contribution in [1.29, 1.82) is 0 Å². The van der Waals surface area contributed by atoms with Gasteiger partial charge in [-0.3, -0.25) is 0 Å². The average Bonchev–Trinajstić information content (AvgIpc) is 2.39. The number of halogens is 1. The van der Waals surface area contributed by atoms with Gasteiger partial charge in [0.1, 0.15) is 0 Å². The fraction of sp³-hybridized carbons (Fsp3) is 0.375. The molecular formula is C8H7BrO2S2. The van der Waals surface area contributed by atoms with Crippen molar-refractivity contribution < 1.29 is 9.90 Å². The molecule has 0 atom stereocenters. The molecule has 0 saturated heterocycles. The molecule has 2 nitrogen and oxygen atoms in total. The number of fused-ring (bicyclic) bond motifs is 1. The number of aromatic carboxylic acids is 1. The highest BCUT2D eigenvalue weighted by Gasteiger charge is 2.23. The van der Waals surface area contributed by atoms with Crippen LogP contribution in [0.2, 0.25) is 0 Å². The predicted molar refractivity (Wildman–Crippen MR) is 58.8 cm³/mol. The number of thiophene rings is 1. The van der Waals surface area contributed by atoms with Crippen molar-refractivity contribution in [3.63, 3.8) is 0 Å². The summed E-state index contributed by atoms with van der Waals surface area (Å²) in [5.74, 6) is 1.19. The van der Waals surface area contributed by atoms with Gasteiger partial charge in [-0.1, -0.05) is 0 Å². The zero-order valence-electron chi connectivity index (χ0n) is 6.67. The molecule has 2 heterocycles. The van der Waals surface area contributed by atoms with Crippen molar-refractivity contribution >= 4 is 45.0 Å². The molecule has 1 N–H and O–H groups in total. The predicted octanol–water partition coefficient (Wildman–Crippen LogP) is 3.00. The lowest BCUT2D eigenvalue weighted by atomic mass is 10.1. The van der Waals surface area contributed by atoms with Crippen LogP contribution in [0.3, 0.4) is 0 Å². The minimum absolute atomic E-state index is 0.486. The van der Waals surface area contributed by atoms with Gasteiger partial charge in [-0.05, 0) is 33.7 Å². The van der Waals surface area contributed by atoms with Crippen LogP contribution < -0.4 is 0 Å². The molecule has 0 saturated carbocycles. The van der Waals surface area contributed by atoms with E-state index in [1.165, 1.54) is 4.88 Å². The van der Waals surface area contributed by atoms with Gasteiger partial charge in [0, 0.05) is 10.6 Å². The molecule has 1 aromatic heterocycles. The highest BCUT2D eigenvalue weighted by atomic mass is 79.9. The summed E-state index contributed by atoms with van der Waals surface area (Å²) in [6.45, 7) is 0. The van der Waals surface area contributed by atoms with Gasteiger partial charge in [0.05, 0.1) is 9.35 Å². The van der Waals surface area contributed by atoms with Gasteiger partial charge in [-0.25, -0.2) is 4.79 Å². The Morgan fingerprint density at radius 2 is 2.31 bits per heavy atom. The Bertz CT molecular complexity index is 359. The normalized spacial score (nSPS) is 15.5. The first kappa shape index (κ1) is 9.55. The molecule has 2 rings (SSSR count). The minimum Gasteiger partial charge on any atom is -0.478 e. The standard InChI is InChI=1S/C8H7BrO2S2/c9-7-6(8(10)11)4-1-2-12-3-5(4)13-7/h1-3H2,(H,10,11). The van der Waals surface area contributed by atoms with E-state index in [1.54, 1.807) is 11.3 Å². The van der Waals surface area contributed by atoms with E-state index in [0.29, 0.717) is 5.56 Å². The van der Waals surface area contributed by atoms with E-state index >= 15 is 0 Å². The number of hydrogen-bond donors (Lipinski definition) is 1. The quantitative estimate of drug-likeness (QED) is 0.858. The monoisotopic (exact) mass is 278 g/mol. The fourth-order valence-corrected chi connectivity index (χ4v) is 4.60. The second-order valence-electron chi connectivity index (χ2n) is 2.76. The van der Waals surface area contributed by atoms with Crippen molar-refractivity contribution in [1.82, 2.24) is 0 Å². The molecule has 0 bridgehead atoms. The first-order chi connectivity index (χ1) is 6.20. The van der Waals surface area contributed by atoms with Crippen molar-refractivity contribution in [2.75, 3.05) is 5.75 Å². The molecule has 70 valence electrons. The highest BCUT2D eigenvalue weighted by Crippen LogP contribution is 2.38. The van der Waals surface area contributed by atoms with Crippen molar-refractivity contribution in [3.05, 3.63) is 19.8 Å². The van der Waals surface area contributed by atoms with Gasteiger partial charge >= 0.3 is 5.97 Å². The number of hydrogen-bond acceptors (Lipinski definition) is 3. The number of carbonyl (C=O) groups is 1. The number of carboxylic acid groups (broad SMARTS) is 1. The third kappa shape index (κ3) is 1.65. The molecule has 0 amide bonds. The summed E-state index contributed by atoms with van der Waals surface area (Å²) in [7, 11) is 0. The van der Waals surface area contributed by atoms with E-state index in [1.807, 2.05) is 11.8 Å². The maximum Gasteiger partial charge on any atom is 0.338 e. The molecule has 0 unspecified atom stereocenters. The van der Waals surface area contributed by atoms with Gasteiger partial charge in [-0.2, -0.15) is 11.8 Å². The molecule has 1 aliphatic rings. The van der Waals surface area contributed by atoms with Crippen LogP contribution in [-0.2, 0) is 12.2 Å². The van der Waals surface area contributed by atoms with E-state index in [4.69, 9.17) is 5.11 Å². The van der Waals surface area contributed by atoms with Gasteiger partial charge in [0.2, 0.25) is 0 Å². The summed E-state index contributed by atoms with van der Waals surface area (Å²) in [5.41, 5.74) is 1.53. The summed E-state index contributed by atoms with van der Waals surface area (Å²) in [6, 6.07) is 0. The van der Waals surface area contributed by atoms with Crippen LogP contribution >= 0.6 is 39.0 Å². The topological polar surface area (TPSA) is 37.3 Å². The maximum atomic E-state index is 10.9. The molecular weight excluding hydrogens is 272 g/mol. The Kier molecular flexibility index (Phi) is 2.67. The Morgan fingerprint density at radius 1 is 1.54 bits per heavy atom. The van der Waals surface area contributed by atoms with Gasteiger partial charge in [-0.15, -0.1) is 11.3 Å². The molecule has 0 aromatic carbocycles. The van der Waals surface area contributed by atoms with Gasteiger partial charge < -0.3 is 5.11 Å². The number of carboxylic acids is 1. The zero-order chi connectivity index (χ0) is 9.42. The van der Waals surface area contributed by atoms with Crippen LogP contribution in [0.5, 0.6) is 0 Å². The lowest BCUT2D eigenvalue weighted by Crippen LogP contribution is -2.05. The van der Waals surface area contributed by atoms with E-state index in [0.717, 1.165) is 27.3 Å². The molecule has 0 radical (unpaired) electrons. The van der Waals surface area contributed by atoms with E-state index < -0.39 is 5.97 Å². The second kappa shape index (κ2) is 3.63. The number of rotatable bonds is 1. The molecule has 5 heteroatoms. The lowest BCUT2D eigenvalue weighted by molar-refractivity contribution is 0.0695. The summed E-state index contributed by atoms with van der Waals surface area (Å²) < 4.78 is 0.771. The van der Waals surface area contributed by atoms with E-state index in [-0.39, 0.29) is 0 Å². The SMILES string of the molecule is O=C(O)c1c(Br)sc2c1CCSC2. The van der Waals surface area contributed by atoms with Gasteiger partial charge in [0.25, 0.3) is 0 Å². The Labute approximate surface area is 92.5 Å². The smallest absolute Gasteiger partial charge is 0.338 e. The highest BCUT2D eigenvalue weighted by molar-refractivity contribution is 9.11. The van der Waals surface area contributed by atoms with Crippen LogP contribution in [0.25, 0.3) is 0 Å². The summed E-state index contributed by atoms with van der Waals surface area (Å²) >= 11 is 6.73. The summed E-state index contributed by atoms with van der Waals surface area (Å²) in [6.07, 6.45) is 0.893. The minimum atomic E-state index is -0.809. The van der Waals surface area contributed by atoms with Crippen molar-refractivity contribution in [2.24, 2.45) is 0 Å².